The molecule has 0 aliphatic carbocycles. The number of hydrogen-bond acceptors (Lipinski definition) is 3. The molecule has 0 N–H and O–H groups in total. The predicted molar refractivity (Wildman–Crippen MR) is 77.4 cm³/mol. The van der Waals surface area contributed by atoms with Crippen LogP contribution < -0.4 is 0 Å². The van der Waals surface area contributed by atoms with Crippen LogP contribution >= 0.6 is 27.5 Å². The van der Waals surface area contributed by atoms with Crippen LogP contribution in [0.1, 0.15) is 23.2 Å². The Kier molecular flexibility index (Phi) is 6.31. The average Bonchev–Trinajstić information content (AvgIpc) is 2.40. The number of ether oxygens (including phenoxy) is 1. The van der Waals surface area contributed by atoms with Crippen LogP contribution in [0.25, 0.3) is 0 Å². The first-order valence-corrected chi connectivity index (χ1v) is 6.90. The van der Waals surface area contributed by atoms with Crippen LogP contribution in [-0.4, -0.2) is 37.5 Å². The molecule has 0 unspecified atom stereocenters. The van der Waals surface area contributed by atoms with Gasteiger partial charge < -0.3 is 9.64 Å². The maximum absolute atomic E-state index is 12.2. The Balaban J connectivity index is 2.62. The molecule has 0 atom stereocenters. The topological polar surface area (TPSA) is 46.6 Å². The summed E-state index contributed by atoms with van der Waals surface area (Å²) in [7, 11) is 3.02. The van der Waals surface area contributed by atoms with Gasteiger partial charge in [-0.3, -0.25) is 9.59 Å². The molecule has 0 aliphatic rings. The highest BCUT2D eigenvalue weighted by Gasteiger charge is 2.16. The highest BCUT2D eigenvalue weighted by Crippen LogP contribution is 2.26. The zero-order valence-electron chi connectivity index (χ0n) is 10.8. The molecule has 104 valence electrons. The van der Waals surface area contributed by atoms with Crippen molar-refractivity contribution < 1.29 is 14.3 Å². The second-order valence-electron chi connectivity index (χ2n) is 4.01. The Hall–Kier alpha value is -1.07. The van der Waals surface area contributed by atoms with Gasteiger partial charge in [-0.05, 0) is 34.5 Å². The molecule has 0 fully saturated rings. The van der Waals surface area contributed by atoms with Gasteiger partial charge in [0.15, 0.2) is 0 Å². The van der Waals surface area contributed by atoms with Crippen molar-refractivity contribution in [1.82, 2.24) is 4.90 Å². The van der Waals surface area contributed by atoms with Gasteiger partial charge in [0.25, 0.3) is 5.91 Å². The predicted octanol–water partition coefficient (Wildman–Crippen LogP) is 3.13. The lowest BCUT2D eigenvalue weighted by molar-refractivity contribution is -0.140. The molecule has 0 heterocycles. The Bertz CT molecular complexity index is 479. The zero-order chi connectivity index (χ0) is 14.4. The van der Waals surface area contributed by atoms with Crippen molar-refractivity contribution in [3.8, 4) is 0 Å². The molecule has 1 aromatic carbocycles. The Morgan fingerprint density at radius 1 is 1.42 bits per heavy atom. The van der Waals surface area contributed by atoms with Crippen LogP contribution in [0.2, 0.25) is 5.02 Å². The summed E-state index contributed by atoms with van der Waals surface area (Å²) in [5.74, 6) is -0.447. The monoisotopic (exact) mass is 347 g/mol. The Labute approximate surface area is 125 Å². The number of esters is 1. The number of rotatable bonds is 5. The quantitative estimate of drug-likeness (QED) is 0.768. The normalized spacial score (nSPS) is 10.1. The lowest BCUT2D eigenvalue weighted by Crippen LogP contribution is -2.28. The zero-order valence-corrected chi connectivity index (χ0v) is 13.1. The minimum atomic E-state index is -0.277. The summed E-state index contributed by atoms with van der Waals surface area (Å²) in [4.78, 5) is 24.7. The van der Waals surface area contributed by atoms with Crippen LogP contribution in [-0.2, 0) is 9.53 Å². The fourth-order valence-electron chi connectivity index (χ4n) is 1.54. The van der Waals surface area contributed by atoms with Gasteiger partial charge in [-0.2, -0.15) is 0 Å². The summed E-state index contributed by atoms with van der Waals surface area (Å²) >= 11 is 9.35. The van der Waals surface area contributed by atoms with E-state index in [9.17, 15) is 9.59 Å². The number of halogens is 2. The number of nitrogens with zero attached hydrogens (tertiary/aromatic N) is 1. The maximum atomic E-state index is 12.2. The van der Waals surface area contributed by atoms with Gasteiger partial charge in [-0.15, -0.1) is 0 Å². The van der Waals surface area contributed by atoms with Gasteiger partial charge in [0.2, 0.25) is 0 Å². The smallest absolute Gasteiger partial charge is 0.305 e. The van der Waals surface area contributed by atoms with E-state index in [4.69, 9.17) is 11.6 Å². The largest absolute Gasteiger partial charge is 0.469 e. The van der Waals surface area contributed by atoms with E-state index in [0.717, 1.165) is 0 Å². The maximum Gasteiger partial charge on any atom is 0.305 e. The number of amides is 1. The third-order valence-corrected chi connectivity index (χ3v) is 3.93. The molecule has 0 radical (unpaired) electrons. The molecular formula is C13H15BrClNO3. The van der Waals surface area contributed by atoms with Crippen molar-refractivity contribution in [2.75, 3.05) is 20.7 Å². The second-order valence-corrected chi connectivity index (χ2v) is 5.24. The van der Waals surface area contributed by atoms with Crippen molar-refractivity contribution in [3.05, 3.63) is 33.3 Å². The van der Waals surface area contributed by atoms with Gasteiger partial charge in [-0.25, -0.2) is 0 Å². The van der Waals surface area contributed by atoms with E-state index in [1.165, 1.54) is 12.0 Å². The van der Waals surface area contributed by atoms with Crippen LogP contribution in [0.5, 0.6) is 0 Å². The van der Waals surface area contributed by atoms with E-state index in [0.29, 0.717) is 34.4 Å². The number of hydrogen-bond donors (Lipinski definition) is 0. The van der Waals surface area contributed by atoms with Gasteiger partial charge in [-0.1, -0.05) is 17.7 Å². The van der Waals surface area contributed by atoms with Gasteiger partial charge in [0, 0.05) is 24.5 Å². The average molecular weight is 349 g/mol. The van der Waals surface area contributed by atoms with Gasteiger partial charge in [0.05, 0.1) is 17.7 Å². The first kappa shape index (κ1) is 16.0. The number of benzene rings is 1. The van der Waals surface area contributed by atoms with E-state index in [-0.39, 0.29) is 11.9 Å². The van der Waals surface area contributed by atoms with Crippen molar-refractivity contribution in [1.29, 1.82) is 0 Å². The van der Waals surface area contributed by atoms with E-state index in [2.05, 4.69) is 20.7 Å². The van der Waals surface area contributed by atoms with Crippen molar-refractivity contribution >= 4 is 39.4 Å². The number of carbonyl (C=O) groups is 2. The van der Waals surface area contributed by atoms with Crippen molar-refractivity contribution in [2.45, 2.75) is 12.8 Å². The molecule has 4 nitrogen and oxygen atoms in total. The van der Waals surface area contributed by atoms with E-state index in [1.807, 2.05) is 0 Å². The van der Waals surface area contributed by atoms with Crippen LogP contribution in [0.15, 0.2) is 22.7 Å². The summed E-state index contributed by atoms with van der Waals surface area (Å²) in [6.07, 6.45) is 0.848. The summed E-state index contributed by atoms with van der Waals surface area (Å²) < 4.78 is 5.23. The molecule has 0 saturated heterocycles. The molecule has 0 aromatic heterocycles. The summed E-state index contributed by atoms with van der Waals surface area (Å²) in [6, 6.07) is 5.20. The van der Waals surface area contributed by atoms with Crippen molar-refractivity contribution in [2.24, 2.45) is 0 Å². The molecule has 0 bridgehead atoms. The Morgan fingerprint density at radius 3 is 2.74 bits per heavy atom. The molecule has 6 heteroatoms. The van der Waals surface area contributed by atoms with Crippen LogP contribution in [0.3, 0.4) is 0 Å². The lowest BCUT2D eigenvalue weighted by atomic mass is 10.2. The standard InChI is InChI=1S/C13H15BrClNO3/c1-16(8-4-7-11(17)19-2)13(18)9-5-3-6-10(14)12(9)15/h3,5-6H,4,7-8H2,1-2H3. The third kappa shape index (κ3) is 4.51. The first-order chi connectivity index (χ1) is 8.97. The van der Waals surface area contributed by atoms with Crippen molar-refractivity contribution in [3.63, 3.8) is 0 Å². The summed E-state index contributed by atoms with van der Waals surface area (Å²) in [5.41, 5.74) is 0.441. The molecule has 1 rings (SSSR count). The SMILES string of the molecule is COC(=O)CCCN(C)C(=O)c1cccc(Br)c1Cl. The molecule has 0 spiro atoms. The minimum absolute atomic E-state index is 0.170. The number of methoxy groups -OCH3 is 1. The minimum Gasteiger partial charge on any atom is -0.469 e. The summed E-state index contributed by atoms with van der Waals surface area (Å²) in [5, 5.41) is 0.396. The fraction of sp³-hybridized carbons (Fsp3) is 0.385. The van der Waals surface area contributed by atoms with Gasteiger partial charge in [0.1, 0.15) is 0 Å². The number of carbonyl (C=O) groups excluding carboxylic acids is 2. The second kappa shape index (κ2) is 7.50. The Morgan fingerprint density at radius 2 is 2.11 bits per heavy atom. The molecular weight excluding hydrogens is 334 g/mol. The molecule has 1 aromatic rings. The molecule has 0 aliphatic heterocycles. The van der Waals surface area contributed by atoms with E-state index in [1.54, 1.807) is 25.2 Å². The van der Waals surface area contributed by atoms with Crippen LogP contribution in [0.4, 0.5) is 0 Å². The van der Waals surface area contributed by atoms with Gasteiger partial charge >= 0.3 is 5.97 Å². The lowest BCUT2D eigenvalue weighted by Gasteiger charge is -2.17. The highest BCUT2D eigenvalue weighted by atomic mass is 79.9. The fourth-order valence-corrected chi connectivity index (χ4v) is 2.11. The highest BCUT2D eigenvalue weighted by molar-refractivity contribution is 9.10. The third-order valence-electron chi connectivity index (χ3n) is 2.63. The molecule has 19 heavy (non-hydrogen) atoms. The van der Waals surface area contributed by atoms with Crippen LogP contribution in [0, 0.1) is 0 Å². The first-order valence-electron chi connectivity index (χ1n) is 5.73. The summed E-state index contributed by atoms with van der Waals surface area (Å²) in [6.45, 7) is 0.469. The van der Waals surface area contributed by atoms with E-state index >= 15 is 0 Å². The molecule has 1 amide bonds. The van der Waals surface area contributed by atoms with E-state index < -0.39 is 0 Å². The molecule has 0 saturated carbocycles.